The topological polar surface area (TPSA) is 0 Å². The summed E-state index contributed by atoms with van der Waals surface area (Å²) in [7, 11) is 0. The van der Waals surface area contributed by atoms with E-state index in [1.54, 1.807) is 0 Å². The van der Waals surface area contributed by atoms with Crippen LogP contribution in [0.1, 0.15) is 17.0 Å². The van der Waals surface area contributed by atoms with Crippen LogP contribution in [0.25, 0.3) is 82.5 Å². The number of benzene rings is 8. The van der Waals surface area contributed by atoms with E-state index in [1.165, 1.54) is 87.6 Å². The molecule has 0 spiro atoms. The molecule has 2 atom stereocenters. The van der Waals surface area contributed by atoms with Crippen molar-refractivity contribution in [2.24, 2.45) is 5.92 Å². The summed E-state index contributed by atoms with van der Waals surface area (Å²) < 4.78 is 0. The van der Waals surface area contributed by atoms with Crippen molar-refractivity contribution in [1.29, 1.82) is 0 Å². The summed E-state index contributed by atoms with van der Waals surface area (Å²) in [5.74, 6) is 0.762. The van der Waals surface area contributed by atoms with Crippen LogP contribution in [0.4, 0.5) is 0 Å². The highest BCUT2D eigenvalue weighted by Gasteiger charge is 2.28. The molecule has 8 aromatic carbocycles. The molecule has 2 aliphatic rings. The first-order chi connectivity index (χ1) is 23.8. The Morgan fingerprint density at radius 3 is 1.48 bits per heavy atom. The van der Waals surface area contributed by atoms with Gasteiger partial charge in [-0.25, -0.2) is 0 Å². The summed E-state index contributed by atoms with van der Waals surface area (Å²) in [6.45, 7) is 0. The Bertz CT molecular complexity index is 2610. The number of hydrogen-bond donors (Lipinski definition) is 0. The van der Waals surface area contributed by atoms with Crippen LogP contribution in [0.3, 0.4) is 0 Å². The standard InChI is InChI=1S/C48H32/c1-2-14-31(15-3-1)34-28-29-44(37-19-7-6-18-36(34)37)47-40-22-10-12-24-42(40)48(43-25-13-11-23-41(43)47)45-30-33-27-26-32-16-4-5-17-35(32)46(33)39-21-9-8-20-38(39)45/h1-30,32,35H. The van der Waals surface area contributed by atoms with Crippen molar-refractivity contribution in [3.8, 4) is 33.4 Å². The number of hydrogen-bond acceptors (Lipinski definition) is 0. The summed E-state index contributed by atoms with van der Waals surface area (Å²) in [6, 6.07) is 53.9. The van der Waals surface area contributed by atoms with Crippen LogP contribution >= 0.6 is 0 Å². The van der Waals surface area contributed by atoms with E-state index in [0.717, 1.165) is 0 Å². The highest BCUT2D eigenvalue weighted by atomic mass is 14.3. The van der Waals surface area contributed by atoms with Gasteiger partial charge in [-0.2, -0.15) is 0 Å². The second kappa shape index (κ2) is 10.8. The van der Waals surface area contributed by atoms with E-state index < -0.39 is 0 Å². The first-order valence-corrected chi connectivity index (χ1v) is 17.0. The number of fused-ring (bicyclic) bond motifs is 8. The van der Waals surface area contributed by atoms with Gasteiger partial charge in [0, 0.05) is 11.8 Å². The molecule has 0 saturated heterocycles. The quantitative estimate of drug-likeness (QED) is 0.175. The molecule has 0 saturated carbocycles. The average molecular weight is 609 g/mol. The minimum Gasteiger partial charge on any atom is -0.0767 e. The van der Waals surface area contributed by atoms with E-state index in [2.05, 4.69) is 182 Å². The highest BCUT2D eigenvalue weighted by molar-refractivity contribution is 6.26. The van der Waals surface area contributed by atoms with Crippen molar-refractivity contribution in [2.75, 3.05) is 0 Å². The molecule has 48 heavy (non-hydrogen) atoms. The fraction of sp³-hybridized carbons (Fsp3) is 0.0417. The molecule has 0 heterocycles. The SMILES string of the molecule is C1=CC2C=Cc3cc(-c4c5ccccc5c(-c5ccc(-c6ccccc6)c6ccccc56)c5ccccc45)c4ccccc4c3C2C=C1. The van der Waals surface area contributed by atoms with Crippen molar-refractivity contribution in [3.05, 3.63) is 187 Å². The molecule has 8 aromatic rings. The molecule has 0 bridgehead atoms. The van der Waals surface area contributed by atoms with Crippen LogP contribution in [0.5, 0.6) is 0 Å². The van der Waals surface area contributed by atoms with Crippen molar-refractivity contribution in [2.45, 2.75) is 5.92 Å². The molecule has 0 heteroatoms. The van der Waals surface area contributed by atoms with Crippen LogP contribution in [0.2, 0.25) is 0 Å². The van der Waals surface area contributed by atoms with Gasteiger partial charge in [0.1, 0.15) is 0 Å². The van der Waals surface area contributed by atoms with E-state index in [9.17, 15) is 0 Å². The lowest BCUT2D eigenvalue weighted by molar-refractivity contribution is 0.697. The zero-order valence-electron chi connectivity index (χ0n) is 26.5. The minimum absolute atomic E-state index is 0.358. The lowest BCUT2D eigenvalue weighted by Gasteiger charge is -2.30. The van der Waals surface area contributed by atoms with Crippen LogP contribution in [-0.2, 0) is 0 Å². The summed E-state index contributed by atoms with van der Waals surface area (Å²) in [5, 5.41) is 10.3. The van der Waals surface area contributed by atoms with E-state index >= 15 is 0 Å². The Kier molecular flexibility index (Phi) is 6.11. The van der Waals surface area contributed by atoms with Gasteiger partial charge in [0.15, 0.2) is 0 Å². The molecule has 0 amide bonds. The second-order valence-electron chi connectivity index (χ2n) is 13.1. The van der Waals surface area contributed by atoms with Gasteiger partial charge in [-0.1, -0.05) is 176 Å². The third kappa shape index (κ3) is 4.03. The average Bonchev–Trinajstić information content (AvgIpc) is 3.16. The molecule has 0 aliphatic heterocycles. The lowest BCUT2D eigenvalue weighted by Crippen LogP contribution is -2.14. The van der Waals surface area contributed by atoms with Crippen molar-refractivity contribution >= 4 is 49.2 Å². The molecule has 0 radical (unpaired) electrons. The van der Waals surface area contributed by atoms with Gasteiger partial charge >= 0.3 is 0 Å². The van der Waals surface area contributed by atoms with Gasteiger partial charge in [0.05, 0.1) is 0 Å². The predicted molar refractivity (Wildman–Crippen MR) is 206 cm³/mol. The normalized spacial score (nSPS) is 16.5. The van der Waals surface area contributed by atoms with Crippen molar-refractivity contribution < 1.29 is 0 Å². The zero-order chi connectivity index (χ0) is 31.6. The van der Waals surface area contributed by atoms with E-state index in [1.807, 2.05) is 0 Å². The maximum atomic E-state index is 2.47. The van der Waals surface area contributed by atoms with Gasteiger partial charge in [-0.05, 0) is 93.7 Å². The molecular weight excluding hydrogens is 577 g/mol. The van der Waals surface area contributed by atoms with Gasteiger partial charge in [0.2, 0.25) is 0 Å². The monoisotopic (exact) mass is 608 g/mol. The van der Waals surface area contributed by atoms with Gasteiger partial charge in [0.25, 0.3) is 0 Å². The maximum Gasteiger partial charge on any atom is 0.0131 e. The molecule has 0 fully saturated rings. The fourth-order valence-electron chi connectivity index (χ4n) is 8.54. The van der Waals surface area contributed by atoms with Crippen LogP contribution < -0.4 is 0 Å². The fourth-order valence-corrected chi connectivity index (χ4v) is 8.54. The number of allylic oxidation sites excluding steroid dienone is 5. The molecule has 2 aliphatic carbocycles. The van der Waals surface area contributed by atoms with Crippen molar-refractivity contribution in [3.63, 3.8) is 0 Å². The summed E-state index contributed by atoms with van der Waals surface area (Å²) >= 11 is 0. The van der Waals surface area contributed by atoms with Crippen molar-refractivity contribution in [1.82, 2.24) is 0 Å². The van der Waals surface area contributed by atoms with Crippen LogP contribution in [-0.4, -0.2) is 0 Å². The molecule has 224 valence electrons. The molecule has 10 rings (SSSR count). The summed E-state index contributed by atoms with van der Waals surface area (Å²) in [4.78, 5) is 0. The zero-order valence-corrected chi connectivity index (χ0v) is 26.5. The maximum absolute atomic E-state index is 2.47. The largest absolute Gasteiger partial charge is 0.0767 e. The van der Waals surface area contributed by atoms with Gasteiger partial charge < -0.3 is 0 Å². The Balaban J connectivity index is 1.30. The minimum atomic E-state index is 0.358. The Morgan fingerprint density at radius 2 is 0.833 bits per heavy atom. The summed E-state index contributed by atoms with van der Waals surface area (Å²) in [5.41, 5.74) is 10.4. The van der Waals surface area contributed by atoms with E-state index in [4.69, 9.17) is 0 Å². The van der Waals surface area contributed by atoms with Gasteiger partial charge in [-0.3, -0.25) is 0 Å². The smallest absolute Gasteiger partial charge is 0.0131 e. The first-order valence-electron chi connectivity index (χ1n) is 17.0. The predicted octanol–water partition coefficient (Wildman–Crippen LogP) is 13.2. The summed E-state index contributed by atoms with van der Waals surface area (Å²) in [6.07, 6.45) is 13.9. The molecule has 0 N–H and O–H groups in total. The second-order valence-corrected chi connectivity index (χ2v) is 13.1. The third-order valence-electron chi connectivity index (χ3n) is 10.6. The van der Waals surface area contributed by atoms with Crippen LogP contribution in [0, 0.1) is 5.92 Å². The molecule has 0 aromatic heterocycles. The third-order valence-corrected chi connectivity index (χ3v) is 10.6. The number of rotatable bonds is 3. The van der Waals surface area contributed by atoms with Gasteiger partial charge in [-0.15, -0.1) is 0 Å². The first kappa shape index (κ1) is 27.2. The Morgan fingerprint density at radius 1 is 0.354 bits per heavy atom. The molecule has 2 unspecified atom stereocenters. The molecule has 0 nitrogen and oxygen atoms in total. The Hall–Kier alpha value is -5.98. The van der Waals surface area contributed by atoms with E-state index in [-0.39, 0.29) is 0 Å². The van der Waals surface area contributed by atoms with E-state index in [0.29, 0.717) is 11.8 Å². The van der Waals surface area contributed by atoms with Crippen LogP contribution in [0.15, 0.2) is 176 Å². The highest BCUT2D eigenvalue weighted by Crippen LogP contribution is 2.50. The molecular formula is C48H32. The Labute approximate surface area is 280 Å². The lowest BCUT2D eigenvalue weighted by atomic mass is 9.74.